The lowest BCUT2D eigenvalue weighted by Crippen LogP contribution is -2.42. The highest BCUT2D eigenvalue weighted by atomic mass is 16.2. The number of carbonyl (C=O) groups excluding carboxylic acids is 1. The highest BCUT2D eigenvalue weighted by Crippen LogP contribution is 2.39. The predicted octanol–water partition coefficient (Wildman–Crippen LogP) is 4.14. The number of nitrogens with one attached hydrogen (secondary N) is 1. The summed E-state index contributed by atoms with van der Waals surface area (Å²) >= 11 is 0. The van der Waals surface area contributed by atoms with Gasteiger partial charge in [0.05, 0.1) is 16.7 Å². The Kier molecular flexibility index (Phi) is 6.13. The Morgan fingerprint density at radius 1 is 1.18 bits per heavy atom. The van der Waals surface area contributed by atoms with E-state index in [2.05, 4.69) is 70.9 Å². The summed E-state index contributed by atoms with van der Waals surface area (Å²) in [7, 11) is 3.67. The average Bonchev–Trinajstić information content (AvgIpc) is 3.60. The highest BCUT2D eigenvalue weighted by molar-refractivity contribution is 5.90. The summed E-state index contributed by atoms with van der Waals surface area (Å²) in [4.78, 5) is 32.3. The molecule has 0 radical (unpaired) electrons. The van der Waals surface area contributed by atoms with E-state index < -0.39 is 0 Å². The molecule has 4 aromatic rings. The van der Waals surface area contributed by atoms with Crippen LogP contribution in [0.1, 0.15) is 55.7 Å². The van der Waals surface area contributed by atoms with Crippen LogP contribution in [-0.2, 0) is 4.79 Å². The van der Waals surface area contributed by atoms with Crippen LogP contribution in [0.25, 0.3) is 27.9 Å². The summed E-state index contributed by atoms with van der Waals surface area (Å²) in [5.41, 5.74) is 8.87. The van der Waals surface area contributed by atoms with Gasteiger partial charge in [-0.2, -0.15) is 5.10 Å². The number of H-pyrrole nitrogens is 1. The van der Waals surface area contributed by atoms with E-state index in [1.807, 2.05) is 18.6 Å². The maximum absolute atomic E-state index is 12.2. The van der Waals surface area contributed by atoms with Crippen LogP contribution in [0.4, 0.5) is 5.82 Å². The van der Waals surface area contributed by atoms with Crippen LogP contribution in [0.5, 0.6) is 0 Å². The smallest absolute Gasteiger partial charge is 0.223 e. The molecular weight excluding hydrogens is 476 g/mol. The van der Waals surface area contributed by atoms with Gasteiger partial charge in [0.15, 0.2) is 5.65 Å². The van der Waals surface area contributed by atoms with E-state index in [0.717, 1.165) is 71.8 Å². The fraction of sp³-hybridized carbons (Fsp3) is 0.517. The third-order valence-electron chi connectivity index (χ3n) is 8.70. The molecule has 0 aromatic carbocycles. The number of hydrogen-bond donors (Lipinski definition) is 1. The minimum absolute atomic E-state index is 0.201. The van der Waals surface area contributed by atoms with Crippen molar-refractivity contribution in [3.8, 4) is 11.3 Å². The SMILES string of the molecule is Cc1c(-c2[nH]c3ccc(N4C[C@@H]5C[C@H]4CCN5CCC(=O)N(C)C)nc3c2C(C)C)cn2ncnc2c1C. The molecule has 2 aliphatic rings. The first-order valence-electron chi connectivity index (χ1n) is 13.8. The van der Waals surface area contributed by atoms with Crippen LogP contribution in [-0.4, -0.2) is 86.1 Å². The molecule has 6 rings (SSSR count). The zero-order valence-electron chi connectivity index (χ0n) is 23.3. The van der Waals surface area contributed by atoms with Gasteiger partial charge >= 0.3 is 0 Å². The van der Waals surface area contributed by atoms with E-state index in [9.17, 15) is 4.79 Å². The van der Waals surface area contributed by atoms with Gasteiger partial charge in [-0.3, -0.25) is 9.69 Å². The molecule has 2 aliphatic heterocycles. The van der Waals surface area contributed by atoms with Crippen molar-refractivity contribution in [2.24, 2.45) is 0 Å². The molecule has 0 spiro atoms. The molecule has 6 heterocycles. The molecule has 2 atom stereocenters. The normalized spacial score (nSPS) is 19.8. The molecule has 4 aromatic heterocycles. The Morgan fingerprint density at radius 2 is 2.00 bits per heavy atom. The summed E-state index contributed by atoms with van der Waals surface area (Å²) in [5, 5.41) is 4.41. The number of aryl methyl sites for hydroxylation is 1. The maximum Gasteiger partial charge on any atom is 0.223 e. The van der Waals surface area contributed by atoms with Gasteiger partial charge in [-0.1, -0.05) is 13.8 Å². The van der Waals surface area contributed by atoms with Gasteiger partial charge in [0.1, 0.15) is 12.1 Å². The number of piperidine rings is 1. The van der Waals surface area contributed by atoms with Gasteiger partial charge in [-0.15, -0.1) is 0 Å². The molecule has 38 heavy (non-hydrogen) atoms. The van der Waals surface area contributed by atoms with Crippen molar-refractivity contribution in [3.63, 3.8) is 0 Å². The molecule has 1 N–H and O–H groups in total. The molecule has 0 unspecified atom stereocenters. The minimum atomic E-state index is 0.201. The first-order chi connectivity index (χ1) is 18.2. The molecule has 200 valence electrons. The summed E-state index contributed by atoms with van der Waals surface area (Å²) in [6.07, 6.45) is 6.53. The number of anilines is 1. The zero-order chi connectivity index (χ0) is 26.7. The number of amides is 1. The topological polar surface area (TPSA) is 85.7 Å². The first kappa shape index (κ1) is 24.9. The van der Waals surface area contributed by atoms with Crippen LogP contribution < -0.4 is 4.90 Å². The largest absolute Gasteiger partial charge is 0.353 e. The quantitative estimate of drug-likeness (QED) is 0.416. The fourth-order valence-electron chi connectivity index (χ4n) is 6.43. The molecule has 0 aliphatic carbocycles. The molecule has 0 saturated carbocycles. The van der Waals surface area contributed by atoms with Crippen LogP contribution >= 0.6 is 0 Å². The van der Waals surface area contributed by atoms with Crippen molar-refractivity contribution in [1.82, 2.24) is 34.4 Å². The predicted molar refractivity (Wildman–Crippen MR) is 151 cm³/mol. The van der Waals surface area contributed by atoms with Gasteiger partial charge in [0.25, 0.3) is 0 Å². The molecule has 2 saturated heterocycles. The number of pyridine rings is 2. The lowest BCUT2D eigenvalue weighted by Gasteiger charge is -2.32. The zero-order valence-corrected chi connectivity index (χ0v) is 23.3. The van der Waals surface area contributed by atoms with E-state index in [-0.39, 0.29) is 5.91 Å². The average molecular weight is 515 g/mol. The fourth-order valence-corrected chi connectivity index (χ4v) is 6.43. The van der Waals surface area contributed by atoms with Crippen LogP contribution in [0, 0.1) is 13.8 Å². The van der Waals surface area contributed by atoms with Gasteiger partial charge in [0, 0.05) is 69.6 Å². The summed E-state index contributed by atoms with van der Waals surface area (Å²) in [5.74, 6) is 1.56. The Hall–Kier alpha value is -3.46. The monoisotopic (exact) mass is 514 g/mol. The van der Waals surface area contributed by atoms with Crippen molar-refractivity contribution >= 4 is 28.4 Å². The van der Waals surface area contributed by atoms with Crippen molar-refractivity contribution in [2.45, 2.75) is 65.0 Å². The Balaban J connectivity index is 1.33. The van der Waals surface area contributed by atoms with E-state index in [1.54, 1.807) is 11.2 Å². The minimum Gasteiger partial charge on any atom is -0.353 e. The van der Waals surface area contributed by atoms with Gasteiger partial charge < -0.3 is 14.8 Å². The molecule has 9 nitrogen and oxygen atoms in total. The molecule has 1 amide bonds. The molecule has 2 fully saturated rings. The number of likely N-dealkylation sites (tertiary alicyclic amines) is 1. The lowest BCUT2D eigenvalue weighted by molar-refractivity contribution is -0.129. The second kappa shape index (κ2) is 9.38. The number of aromatic nitrogens is 5. The third kappa shape index (κ3) is 4.04. The van der Waals surface area contributed by atoms with Crippen LogP contribution in [0.3, 0.4) is 0 Å². The van der Waals surface area contributed by atoms with Crippen molar-refractivity contribution in [2.75, 3.05) is 38.6 Å². The Bertz CT molecular complexity index is 1520. The molecular formula is C29H38N8O. The number of aromatic amines is 1. The number of rotatable bonds is 6. The van der Waals surface area contributed by atoms with Crippen molar-refractivity contribution < 1.29 is 4.79 Å². The van der Waals surface area contributed by atoms with E-state index >= 15 is 0 Å². The van der Waals surface area contributed by atoms with Gasteiger partial charge in [-0.05, 0) is 55.9 Å². The molecule has 2 bridgehead atoms. The van der Waals surface area contributed by atoms with Crippen LogP contribution in [0.15, 0.2) is 24.7 Å². The highest BCUT2D eigenvalue weighted by Gasteiger charge is 2.40. The van der Waals surface area contributed by atoms with Crippen LogP contribution in [0.2, 0.25) is 0 Å². The second-order valence-electron chi connectivity index (χ2n) is 11.5. The Morgan fingerprint density at radius 3 is 2.76 bits per heavy atom. The standard InChI is InChI=1S/C29H38N8O/c1-17(2)26-27(22-15-37-29(30-16-31-37)19(4)18(22)3)32-23-7-8-24(33-28(23)26)36-14-21-13-20(36)9-11-35(21)12-10-25(38)34(5)6/h7-8,15-17,20-21,32H,9-14H2,1-6H3/t20-,21+/m1/s1. The molecule has 9 heteroatoms. The summed E-state index contributed by atoms with van der Waals surface area (Å²) < 4.78 is 1.87. The summed E-state index contributed by atoms with van der Waals surface area (Å²) in [6.45, 7) is 11.6. The summed E-state index contributed by atoms with van der Waals surface area (Å²) in [6, 6.07) is 5.35. The Labute approximate surface area is 223 Å². The maximum atomic E-state index is 12.2. The number of carbonyl (C=O) groups is 1. The van der Waals surface area contributed by atoms with E-state index in [0.29, 0.717) is 24.4 Å². The van der Waals surface area contributed by atoms with E-state index in [1.165, 1.54) is 11.1 Å². The van der Waals surface area contributed by atoms with Crippen molar-refractivity contribution in [3.05, 3.63) is 41.3 Å². The number of fused-ring (bicyclic) bond motifs is 4. The van der Waals surface area contributed by atoms with E-state index in [4.69, 9.17) is 4.98 Å². The van der Waals surface area contributed by atoms with Gasteiger partial charge in [-0.25, -0.2) is 14.5 Å². The number of hydrogen-bond acceptors (Lipinski definition) is 6. The third-order valence-corrected chi connectivity index (χ3v) is 8.70. The lowest BCUT2D eigenvalue weighted by atomic mass is 9.95. The number of nitrogens with zero attached hydrogens (tertiary/aromatic N) is 7. The van der Waals surface area contributed by atoms with Crippen molar-refractivity contribution in [1.29, 1.82) is 0 Å². The first-order valence-corrected chi connectivity index (χ1v) is 13.8. The second-order valence-corrected chi connectivity index (χ2v) is 11.5. The van der Waals surface area contributed by atoms with Gasteiger partial charge in [0.2, 0.25) is 5.91 Å².